The van der Waals surface area contributed by atoms with Gasteiger partial charge in [-0.25, -0.2) is 4.79 Å². The minimum absolute atomic E-state index is 0.0655. The molecule has 160 valence electrons. The number of carbonyl (C=O) groups excluding carboxylic acids is 1. The first-order valence-electron chi connectivity index (χ1n) is 11.5. The molecule has 2 bridgehead atoms. The zero-order valence-corrected chi connectivity index (χ0v) is 18.8. The summed E-state index contributed by atoms with van der Waals surface area (Å²) in [5.74, 6) is 1.44. The highest BCUT2D eigenvalue weighted by molar-refractivity contribution is 7.09. The molecule has 0 radical (unpaired) electrons. The average molecular weight is 426 g/mol. The van der Waals surface area contributed by atoms with Crippen LogP contribution in [0.15, 0.2) is 41.8 Å². The second kappa shape index (κ2) is 8.35. The molecule has 4 aliphatic rings. The van der Waals surface area contributed by atoms with E-state index in [1.165, 1.54) is 61.1 Å². The fraction of sp³-hybridized carbons (Fsp3) is 0.560. The van der Waals surface area contributed by atoms with Crippen molar-refractivity contribution in [3.63, 3.8) is 0 Å². The van der Waals surface area contributed by atoms with Gasteiger partial charge in [0, 0.05) is 35.2 Å². The van der Waals surface area contributed by atoms with Crippen LogP contribution in [0.2, 0.25) is 0 Å². The van der Waals surface area contributed by atoms with Crippen LogP contribution in [0.3, 0.4) is 0 Å². The number of benzene rings is 1. The quantitative estimate of drug-likeness (QED) is 0.563. The number of quaternary nitrogens is 1. The molecule has 1 aliphatic carbocycles. The summed E-state index contributed by atoms with van der Waals surface area (Å²) < 4.78 is 7.45. The van der Waals surface area contributed by atoms with Crippen molar-refractivity contribution in [2.75, 3.05) is 31.1 Å². The van der Waals surface area contributed by atoms with Crippen molar-refractivity contribution in [2.45, 2.75) is 51.7 Å². The van der Waals surface area contributed by atoms with Crippen molar-refractivity contribution in [3.8, 4) is 0 Å². The van der Waals surface area contributed by atoms with Gasteiger partial charge in [-0.05, 0) is 48.9 Å². The van der Waals surface area contributed by atoms with E-state index < -0.39 is 0 Å². The van der Waals surface area contributed by atoms with Gasteiger partial charge >= 0.3 is 6.09 Å². The zero-order valence-electron chi connectivity index (χ0n) is 18.0. The largest absolute Gasteiger partial charge is 0.440 e. The lowest BCUT2D eigenvalue weighted by Gasteiger charge is -2.54. The van der Waals surface area contributed by atoms with Crippen molar-refractivity contribution in [3.05, 3.63) is 52.2 Å². The third-order valence-electron chi connectivity index (χ3n) is 7.59. The Balaban J connectivity index is 1.32. The Kier molecular flexibility index (Phi) is 5.59. The second-order valence-electron chi connectivity index (χ2n) is 9.72. The number of amides is 1. The Labute approximate surface area is 184 Å². The molecule has 3 saturated heterocycles. The monoisotopic (exact) mass is 425 g/mol. The highest BCUT2D eigenvalue weighted by Gasteiger charge is 2.49. The Morgan fingerprint density at radius 1 is 1.17 bits per heavy atom. The van der Waals surface area contributed by atoms with E-state index in [4.69, 9.17) is 4.74 Å². The smallest absolute Gasteiger partial charge is 0.415 e. The zero-order chi connectivity index (χ0) is 20.6. The number of anilines is 1. The molecule has 4 heterocycles. The van der Waals surface area contributed by atoms with Gasteiger partial charge in [0.25, 0.3) is 0 Å². The molecule has 2 aromatic rings. The molecule has 6 rings (SSSR count). The van der Waals surface area contributed by atoms with E-state index in [1.54, 1.807) is 11.3 Å². The minimum atomic E-state index is -0.186. The maximum absolute atomic E-state index is 13.4. The molecule has 30 heavy (non-hydrogen) atoms. The molecular formula is C25H33N2O2S+. The first-order chi connectivity index (χ1) is 14.6. The summed E-state index contributed by atoms with van der Waals surface area (Å²) in [5.41, 5.74) is 2.08. The summed E-state index contributed by atoms with van der Waals surface area (Å²) in [6.45, 7) is 7.53. The molecule has 3 aliphatic heterocycles. The molecule has 5 heteroatoms. The summed E-state index contributed by atoms with van der Waals surface area (Å²) in [6, 6.07) is 12.3. The highest BCUT2D eigenvalue weighted by atomic mass is 32.1. The van der Waals surface area contributed by atoms with Gasteiger partial charge < -0.3 is 9.22 Å². The number of aryl methyl sites for hydroxylation is 1. The maximum Gasteiger partial charge on any atom is 0.415 e. The minimum Gasteiger partial charge on any atom is -0.440 e. The number of nitrogens with zero attached hydrogens (tertiary/aromatic N) is 2. The van der Waals surface area contributed by atoms with Crippen LogP contribution in [0.1, 0.15) is 42.5 Å². The van der Waals surface area contributed by atoms with Gasteiger partial charge in [-0.2, -0.15) is 0 Å². The van der Waals surface area contributed by atoms with E-state index in [1.807, 2.05) is 23.1 Å². The summed E-state index contributed by atoms with van der Waals surface area (Å²) in [4.78, 5) is 16.4. The van der Waals surface area contributed by atoms with Crippen LogP contribution in [0.25, 0.3) is 0 Å². The fourth-order valence-electron chi connectivity index (χ4n) is 5.64. The van der Waals surface area contributed by atoms with Crippen molar-refractivity contribution < 1.29 is 14.0 Å². The lowest BCUT2D eigenvalue weighted by Crippen LogP contribution is -2.66. The third kappa shape index (κ3) is 4.15. The molecule has 1 amide bonds. The first-order valence-corrected chi connectivity index (χ1v) is 12.4. The van der Waals surface area contributed by atoms with Crippen molar-refractivity contribution in [1.82, 2.24) is 0 Å². The number of thiophene rings is 1. The SMILES string of the molecule is Cc1cccc(N(Cc2cccs2)C(=O)O[C@H]2C[N+]3(CC4CCC4)CCC2CC3)c1. The summed E-state index contributed by atoms with van der Waals surface area (Å²) in [6.07, 6.45) is 6.50. The number of carbonyl (C=O) groups is 1. The molecule has 4 fully saturated rings. The van der Waals surface area contributed by atoms with E-state index in [0.717, 1.165) is 23.7 Å². The molecule has 1 aromatic carbocycles. The Hall–Kier alpha value is -1.85. The molecule has 1 saturated carbocycles. The number of piperidine rings is 3. The normalized spacial score (nSPS) is 28.2. The van der Waals surface area contributed by atoms with Gasteiger partial charge in [-0.1, -0.05) is 24.6 Å². The van der Waals surface area contributed by atoms with E-state index in [0.29, 0.717) is 12.5 Å². The molecular weight excluding hydrogens is 392 g/mol. The number of ether oxygens (including phenoxy) is 1. The van der Waals surface area contributed by atoms with Gasteiger partial charge in [0.05, 0.1) is 26.2 Å². The molecule has 0 unspecified atom stereocenters. The van der Waals surface area contributed by atoms with Crippen LogP contribution in [-0.2, 0) is 11.3 Å². The number of hydrogen-bond donors (Lipinski definition) is 0. The third-order valence-corrected chi connectivity index (χ3v) is 8.45. The van der Waals surface area contributed by atoms with Crippen molar-refractivity contribution in [1.29, 1.82) is 0 Å². The average Bonchev–Trinajstić information content (AvgIpc) is 3.23. The standard InChI is InChI=1S/C25H33N2O2S/c1-19-5-2-8-22(15-19)26(16-23-9-4-14-30-23)25(28)29-24-18-27(17-20-6-3-7-20)12-10-21(24)11-13-27/h2,4-5,8-9,14-15,20-21,24H,3,6-7,10-13,16-18H2,1H3/q+1/t21?,24-,27?/m0/s1. The maximum atomic E-state index is 13.4. The number of rotatable bonds is 6. The van der Waals surface area contributed by atoms with Crippen LogP contribution < -0.4 is 4.90 Å². The van der Waals surface area contributed by atoms with Gasteiger partial charge in [-0.15, -0.1) is 11.3 Å². The van der Waals surface area contributed by atoms with Crippen LogP contribution >= 0.6 is 11.3 Å². The number of hydrogen-bond acceptors (Lipinski definition) is 3. The number of fused-ring (bicyclic) bond motifs is 3. The van der Waals surface area contributed by atoms with Crippen molar-refractivity contribution >= 4 is 23.1 Å². The Bertz CT molecular complexity index is 869. The van der Waals surface area contributed by atoms with Gasteiger partial charge in [0.2, 0.25) is 0 Å². The second-order valence-corrected chi connectivity index (χ2v) is 10.7. The molecule has 0 N–H and O–H groups in total. The lowest BCUT2D eigenvalue weighted by molar-refractivity contribution is -0.949. The molecule has 4 nitrogen and oxygen atoms in total. The molecule has 1 aromatic heterocycles. The Morgan fingerprint density at radius 2 is 2.00 bits per heavy atom. The van der Waals surface area contributed by atoms with Gasteiger partial charge in [0.15, 0.2) is 6.10 Å². The van der Waals surface area contributed by atoms with Crippen LogP contribution in [-0.4, -0.2) is 42.9 Å². The fourth-order valence-corrected chi connectivity index (χ4v) is 6.34. The lowest BCUT2D eigenvalue weighted by atomic mass is 9.79. The van der Waals surface area contributed by atoms with E-state index >= 15 is 0 Å². The van der Waals surface area contributed by atoms with Gasteiger partial charge in [-0.3, -0.25) is 4.90 Å². The van der Waals surface area contributed by atoms with E-state index in [-0.39, 0.29) is 12.2 Å². The predicted molar refractivity (Wildman–Crippen MR) is 122 cm³/mol. The first kappa shape index (κ1) is 20.1. The Morgan fingerprint density at radius 3 is 2.67 bits per heavy atom. The van der Waals surface area contributed by atoms with Crippen LogP contribution in [0.4, 0.5) is 10.5 Å². The van der Waals surface area contributed by atoms with E-state index in [2.05, 4.69) is 30.5 Å². The van der Waals surface area contributed by atoms with E-state index in [9.17, 15) is 4.79 Å². The summed E-state index contributed by atoms with van der Waals surface area (Å²) in [7, 11) is 0. The molecule has 1 atom stereocenters. The van der Waals surface area contributed by atoms with Gasteiger partial charge in [0.1, 0.15) is 6.54 Å². The van der Waals surface area contributed by atoms with Crippen molar-refractivity contribution in [2.24, 2.45) is 11.8 Å². The van der Waals surface area contributed by atoms with Crippen LogP contribution in [0.5, 0.6) is 0 Å². The highest BCUT2D eigenvalue weighted by Crippen LogP contribution is 2.39. The summed E-state index contributed by atoms with van der Waals surface area (Å²) in [5, 5.41) is 2.07. The predicted octanol–water partition coefficient (Wildman–Crippen LogP) is 5.61. The van der Waals surface area contributed by atoms with Crippen LogP contribution in [0, 0.1) is 18.8 Å². The molecule has 0 spiro atoms. The summed E-state index contributed by atoms with van der Waals surface area (Å²) >= 11 is 1.69. The topological polar surface area (TPSA) is 29.5 Å².